The van der Waals surface area contributed by atoms with E-state index < -0.39 is 0 Å². The number of rotatable bonds is 4. The van der Waals surface area contributed by atoms with E-state index in [1.54, 1.807) is 12.1 Å². The van der Waals surface area contributed by atoms with E-state index in [9.17, 15) is 4.39 Å². The normalized spacial score (nSPS) is 10.7. The first kappa shape index (κ1) is 16.0. The van der Waals surface area contributed by atoms with Crippen LogP contribution in [0.5, 0.6) is 0 Å². The Kier molecular flexibility index (Phi) is 4.94. The molecule has 0 atom stereocenters. The molecule has 2 aromatic carbocycles. The number of halogens is 2. The molecule has 5 heteroatoms. The molecule has 0 bridgehead atoms. The van der Waals surface area contributed by atoms with Crippen LogP contribution in [0.2, 0.25) is 5.02 Å². The summed E-state index contributed by atoms with van der Waals surface area (Å²) in [4.78, 5) is 0. The van der Waals surface area contributed by atoms with E-state index in [2.05, 4.69) is 10.2 Å². The molecule has 1 aromatic heterocycles. The van der Waals surface area contributed by atoms with Gasteiger partial charge in [-0.1, -0.05) is 53.7 Å². The van der Waals surface area contributed by atoms with Crippen molar-refractivity contribution in [3.05, 3.63) is 76.6 Å². The summed E-state index contributed by atoms with van der Waals surface area (Å²) in [6.45, 7) is 2.04. The van der Waals surface area contributed by atoms with Gasteiger partial charge >= 0.3 is 0 Å². The molecule has 0 aliphatic carbocycles. The average molecular weight is 345 g/mol. The monoisotopic (exact) mass is 344 g/mol. The zero-order valence-electron chi connectivity index (χ0n) is 12.5. The first-order valence-electron chi connectivity index (χ1n) is 7.10. The second kappa shape index (κ2) is 7.11. The van der Waals surface area contributed by atoms with Crippen LogP contribution in [0.25, 0.3) is 11.3 Å². The third-order valence-electron chi connectivity index (χ3n) is 3.49. The Morgan fingerprint density at radius 2 is 1.83 bits per heavy atom. The smallest absolute Gasteiger partial charge is 0.128 e. The van der Waals surface area contributed by atoms with Crippen molar-refractivity contribution in [2.45, 2.75) is 17.7 Å². The zero-order valence-corrected chi connectivity index (χ0v) is 14.0. The molecule has 0 unspecified atom stereocenters. The van der Waals surface area contributed by atoms with Crippen molar-refractivity contribution >= 4 is 23.4 Å². The van der Waals surface area contributed by atoms with Gasteiger partial charge in [-0.05, 0) is 36.8 Å². The first-order chi connectivity index (χ1) is 11.1. The molecule has 0 aliphatic heterocycles. The van der Waals surface area contributed by atoms with E-state index in [1.807, 2.05) is 43.3 Å². The molecule has 0 radical (unpaired) electrons. The van der Waals surface area contributed by atoms with Crippen LogP contribution in [0.4, 0.5) is 4.39 Å². The van der Waals surface area contributed by atoms with Gasteiger partial charge in [0.05, 0.1) is 5.69 Å². The first-order valence-corrected chi connectivity index (χ1v) is 8.47. The Morgan fingerprint density at radius 1 is 1.00 bits per heavy atom. The van der Waals surface area contributed by atoms with Gasteiger partial charge in [-0.25, -0.2) is 4.39 Å². The van der Waals surface area contributed by atoms with Crippen molar-refractivity contribution in [1.82, 2.24) is 10.2 Å². The van der Waals surface area contributed by atoms with Gasteiger partial charge in [0, 0.05) is 21.9 Å². The van der Waals surface area contributed by atoms with Gasteiger partial charge in [0.15, 0.2) is 0 Å². The van der Waals surface area contributed by atoms with Crippen molar-refractivity contribution in [2.75, 3.05) is 0 Å². The lowest BCUT2D eigenvalue weighted by Crippen LogP contribution is -1.93. The molecule has 0 saturated heterocycles. The van der Waals surface area contributed by atoms with Crippen LogP contribution in [-0.4, -0.2) is 10.2 Å². The Balaban J connectivity index is 1.75. The lowest BCUT2D eigenvalue weighted by Gasteiger charge is -2.06. The molecule has 1 heterocycles. The van der Waals surface area contributed by atoms with E-state index in [1.165, 1.54) is 17.8 Å². The quantitative estimate of drug-likeness (QED) is 0.581. The SMILES string of the molecule is Cc1ccccc1-c1ccc(SCc2c(F)cccc2Cl)nn1. The second-order valence-corrected chi connectivity index (χ2v) is 6.46. The molecule has 23 heavy (non-hydrogen) atoms. The highest BCUT2D eigenvalue weighted by molar-refractivity contribution is 7.98. The van der Waals surface area contributed by atoms with Gasteiger partial charge in [-0.15, -0.1) is 10.2 Å². The van der Waals surface area contributed by atoms with Crippen molar-refractivity contribution in [1.29, 1.82) is 0 Å². The Bertz CT molecular complexity index is 801. The minimum absolute atomic E-state index is 0.297. The second-order valence-electron chi connectivity index (χ2n) is 5.06. The minimum Gasteiger partial charge on any atom is -0.207 e. The summed E-state index contributed by atoms with van der Waals surface area (Å²) < 4.78 is 13.7. The van der Waals surface area contributed by atoms with E-state index in [0.29, 0.717) is 16.3 Å². The van der Waals surface area contributed by atoms with Crippen LogP contribution in [-0.2, 0) is 5.75 Å². The summed E-state index contributed by atoms with van der Waals surface area (Å²) in [5.41, 5.74) is 3.54. The number of nitrogens with zero attached hydrogens (tertiary/aromatic N) is 2. The third kappa shape index (κ3) is 3.71. The fourth-order valence-corrected chi connectivity index (χ4v) is 3.37. The van der Waals surface area contributed by atoms with Gasteiger partial charge in [-0.2, -0.15) is 0 Å². The summed E-state index contributed by atoms with van der Waals surface area (Å²) in [5, 5.41) is 9.66. The molecular formula is C18H14ClFN2S. The maximum absolute atomic E-state index is 13.7. The van der Waals surface area contributed by atoms with Gasteiger partial charge in [0.25, 0.3) is 0 Å². The van der Waals surface area contributed by atoms with Crippen molar-refractivity contribution in [3.63, 3.8) is 0 Å². The highest BCUT2D eigenvalue weighted by Crippen LogP contribution is 2.28. The average Bonchev–Trinajstić information content (AvgIpc) is 2.56. The summed E-state index contributed by atoms with van der Waals surface area (Å²) in [5.74, 6) is 0.124. The topological polar surface area (TPSA) is 25.8 Å². The predicted molar refractivity (Wildman–Crippen MR) is 93.2 cm³/mol. The van der Waals surface area contributed by atoms with Crippen LogP contribution < -0.4 is 0 Å². The highest BCUT2D eigenvalue weighted by Gasteiger charge is 2.09. The summed E-state index contributed by atoms with van der Waals surface area (Å²) >= 11 is 7.44. The molecule has 116 valence electrons. The molecule has 0 N–H and O–H groups in total. The number of aromatic nitrogens is 2. The Morgan fingerprint density at radius 3 is 2.52 bits per heavy atom. The van der Waals surface area contributed by atoms with Gasteiger partial charge < -0.3 is 0 Å². The maximum Gasteiger partial charge on any atom is 0.128 e. The highest BCUT2D eigenvalue weighted by atomic mass is 35.5. The molecular weight excluding hydrogens is 331 g/mol. The van der Waals surface area contributed by atoms with E-state index >= 15 is 0 Å². The van der Waals surface area contributed by atoms with Crippen molar-refractivity contribution < 1.29 is 4.39 Å². The molecule has 0 aliphatic rings. The molecule has 0 spiro atoms. The largest absolute Gasteiger partial charge is 0.207 e. The van der Waals surface area contributed by atoms with Gasteiger partial charge in [0.2, 0.25) is 0 Å². The molecule has 2 nitrogen and oxygen atoms in total. The minimum atomic E-state index is -0.297. The van der Waals surface area contributed by atoms with Gasteiger partial charge in [0.1, 0.15) is 10.8 Å². The lowest BCUT2D eigenvalue weighted by molar-refractivity contribution is 0.617. The summed E-state index contributed by atoms with van der Waals surface area (Å²) in [7, 11) is 0. The van der Waals surface area contributed by atoms with E-state index in [-0.39, 0.29) is 5.82 Å². The number of thioether (sulfide) groups is 1. The Hall–Kier alpha value is -1.91. The summed E-state index contributed by atoms with van der Waals surface area (Å²) in [6.07, 6.45) is 0. The number of hydrogen-bond acceptors (Lipinski definition) is 3. The number of aryl methyl sites for hydroxylation is 1. The fraction of sp³-hybridized carbons (Fsp3) is 0.111. The molecule has 0 saturated carbocycles. The molecule has 3 rings (SSSR count). The van der Waals surface area contributed by atoms with Crippen LogP contribution in [0.1, 0.15) is 11.1 Å². The fourth-order valence-electron chi connectivity index (χ4n) is 2.22. The molecule has 0 amide bonds. The van der Waals surface area contributed by atoms with Crippen LogP contribution in [0.3, 0.4) is 0 Å². The van der Waals surface area contributed by atoms with E-state index in [0.717, 1.165) is 21.8 Å². The lowest BCUT2D eigenvalue weighted by atomic mass is 10.1. The number of benzene rings is 2. The standard InChI is InChI=1S/C18H14ClFN2S/c1-12-5-2-3-6-13(12)17-9-10-18(22-21-17)23-11-14-15(19)7-4-8-16(14)20/h2-10H,11H2,1H3. The van der Waals surface area contributed by atoms with Crippen molar-refractivity contribution in [3.8, 4) is 11.3 Å². The van der Waals surface area contributed by atoms with Crippen LogP contribution in [0.15, 0.2) is 59.6 Å². The van der Waals surface area contributed by atoms with Crippen LogP contribution in [0, 0.1) is 12.7 Å². The number of hydrogen-bond donors (Lipinski definition) is 0. The maximum atomic E-state index is 13.7. The van der Waals surface area contributed by atoms with Crippen molar-refractivity contribution in [2.24, 2.45) is 0 Å². The molecule has 3 aromatic rings. The van der Waals surface area contributed by atoms with Gasteiger partial charge in [-0.3, -0.25) is 0 Å². The predicted octanol–water partition coefficient (Wildman–Crippen LogP) is 5.54. The summed E-state index contributed by atoms with van der Waals surface area (Å²) in [6, 6.07) is 16.6. The van der Waals surface area contributed by atoms with Crippen LogP contribution >= 0.6 is 23.4 Å². The third-order valence-corrected chi connectivity index (χ3v) is 4.79. The Labute approximate surface area is 143 Å². The zero-order chi connectivity index (χ0) is 16.2. The molecule has 0 fully saturated rings. The van der Waals surface area contributed by atoms with E-state index in [4.69, 9.17) is 11.6 Å².